The Bertz CT molecular complexity index is 685. The van der Waals surface area contributed by atoms with E-state index in [4.69, 9.17) is 4.74 Å². The van der Waals surface area contributed by atoms with Gasteiger partial charge in [-0.1, -0.05) is 17.7 Å². The molecule has 0 saturated heterocycles. The van der Waals surface area contributed by atoms with E-state index in [1.165, 1.54) is 25.3 Å². The molecule has 1 aromatic carbocycles. The number of aromatic nitrogens is 1. The zero-order chi connectivity index (χ0) is 16.1. The first kappa shape index (κ1) is 15.4. The van der Waals surface area contributed by atoms with Gasteiger partial charge in [-0.15, -0.1) is 0 Å². The molecule has 1 amide bonds. The van der Waals surface area contributed by atoms with E-state index in [9.17, 15) is 14.9 Å². The van der Waals surface area contributed by atoms with Crippen molar-refractivity contribution in [2.75, 3.05) is 5.32 Å². The molecule has 0 spiro atoms. The van der Waals surface area contributed by atoms with Gasteiger partial charge in [-0.3, -0.25) is 4.79 Å². The topological polar surface area (TPSA) is 94.4 Å². The van der Waals surface area contributed by atoms with Gasteiger partial charge in [-0.05, 0) is 48.0 Å². The number of carbonyl (C=O) groups is 1. The first-order valence-electron chi connectivity index (χ1n) is 6.61. The lowest BCUT2D eigenvalue weighted by atomic mass is 10.2. The lowest BCUT2D eigenvalue weighted by Gasteiger charge is -2.14. The number of aryl methyl sites for hydroxylation is 1. The minimum atomic E-state index is -0.899. The Morgan fingerprint density at radius 2 is 2.00 bits per heavy atom. The Labute approximate surface area is 127 Å². The molecule has 2 rings (SSSR count). The highest BCUT2D eigenvalue weighted by molar-refractivity contribution is 5.94. The quantitative estimate of drug-likeness (QED) is 0.676. The Balaban J connectivity index is 2.05. The molecule has 1 atom stereocenters. The monoisotopic (exact) mass is 301 g/mol. The maximum absolute atomic E-state index is 12.1. The second-order valence-electron chi connectivity index (χ2n) is 4.70. The van der Waals surface area contributed by atoms with Crippen LogP contribution in [0.4, 0.5) is 11.5 Å². The maximum atomic E-state index is 12.1. The summed E-state index contributed by atoms with van der Waals surface area (Å²) in [5.41, 5.74) is 1.71. The van der Waals surface area contributed by atoms with Crippen molar-refractivity contribution in [1.29, 1.82) is 0 Å². The van der Waals surface area contributed by atoms with Gasteiger partial charge in [0.05, 0.1) is 0 Å². The first-order valence-corrected chi connectivity index (χ1v) is 6.61. The number of amides is 1. The summed E-state index contributed by atoms with van der Waals surface area (Å²) in [6.45, 7) is 3.46. The van der Waals surface area contributed by atoms with Crippen molar-refractivity contribution in [1.82, 2.24) is 4.98 Å². The standard InChI is InChI=1S/C15H15N3O4/c1-10-5-7-12(8-6-10)17-15(19)11(2)22-13-4-3-9-16-14(13)18(20)21/h3-9,11H,1-2H3,(H,17,19). The normalized spacial score (nSPS) is 11.5. The van der Waals surface area contributed by atoms with Crippen molar-refractivity contribution < 1.29 is 14.5 Å². The van der Waals surface area contributed by atoms with Gasteiger partial charge in [0.25, 0.3) is 5.91 Å². The molecule has 0 saturated carbocycles. The van der Waals surface area contributed by atoms with Crippen LogP contribution in [0.1, 0.15) is 12.5 Å². The largest absolute Gasteiger partial charge is 0.473 e. The molecule has 7 heteroatoms. The third kappa shape index (κ3) is 3.78. The summed E-state index contributed by atoms with van der Waals surface area (Å²) in [7, 11) is 0. The third-order valence-electron chi connectivity index (χ3n) is 2.92. The van der Waals surface area contributed by atoms with Gasteiger partial charge in [0, 0.05) is 5.69 Å². The molecule has 1 unspecified atom stereocenters. The number of benzene rings is 1. The second-order valence-corrected chi connectivity index (χ2v) is 4.70. The van der Waals surface area contributed by atoms with Crippen LogP contribution < -0.4 is 10.1 Å². The smallest absolute Gasteiger partial charge is 0.406 e. The molecule has 0 fully saturated rings. The van der Waals surface area contributed by atoms with Crippen LogP contribution in [0.2, 0.25) is 0 Å². The van der Waals surface area contributed by atoms with Crippen LogP contribution in [-0.2, 0) is 4.79 Å². The third-order valence-corrected chi connectivity index (χ3v) is 2.92. The van der Waals surface area contributed by atoms with Crippen molar-refractivity contribution >= 4 is 17.4 Å². The second kappa shape index (κ2) is 6.66. The lowest BCUT2D eigenvalue weighted by molar-refractivity contribution is -0.390. The van der Waals surface area contributed by atoms with Crippen molar-refractivity contribution in [2.24, 2.45) is 0 Å². The first-order chi connectivity index (χ1) is 10.5. The Morgan fingerprint density at radius 3 is 2.64 bits per heavy atom. The molecule has 7 nitrogen and oxygen atoms in total. The number of anilines is 1. The minimum Gasteiger partial charge on any atom is -0.473 e. The molecule has 2 aromatic rings. The Kier molecular flexibility index (Phi) is 4.67. The zero-order valence-electron chi connectivity index (χ0n) is 12.1. The number of rotatable bonds is 5. The summed E-state index contributed by atoms with van der Waals surface area (Å²) in [5.74, 6) is -0.862. The van der Waals surface area contributed by atoms with Crippen LogP contribution in [0, 0.1) is 17.0 Å². The molecule has 1 aromatic heterocycles. The summed E-state index contributed by atoms with van der Waals surface area (Å²) >= 11 is 0. The molecule has 1 heterocycles. The average molecular weight is 301 g/mol. The predicted molar refractivity (Wildman–Crippen MR) is 80.8 cm³/mol. The SMILES string of the molecule is Cc1ccc(NC(=O)C(C)Oc2cccnc2[N+](=O)[O-])cc1. The summed E-state index contributed by atoms with van der Waals surface area (Å²) in [5, 5.41) is 13.5. The number of nitrogens with zero attached hydrogens (tertiary/aromatic N) is 2. The van der Waals surface area contributed by atoms with E-state index >= 15 is 0 Å². The molecule has 114 valence electrons. The van der Waals surface area contributed by atoms with Crippen molar-refractivity contribution in [2.45, 2.75) is 20.0 Å². The van der Waals surface area contributed by atoms with Gasteiger partial charge in [0.15, 0.2) is 6.10 Å². The van der Waals surface area contributed by atoms with Crippen LogP contribution in [0.3, 0.4) is 0 Å². The highest BCUT2D eigenvalue weighted by atomic mass is 16.6. The fourth-order valence-electron chi connectivity index (χ4n) is 1.74. The fourth-order valence-corrected chi connectivity index (χ4v) is 1.74. The van der Waals surface area contributed by atoms with Gasteiger partial charge in [0.2, 0.25) is 5.75 Å². The van der Waals surface area contributed by atoms with Crippen LogP contribution in [0.15, 0.2) is 42.6 Å². The number of hydrogen-bond donors (Lipinski definition) is 1. The minimum absolute atomic E-state index is 0.0425. The lowest BCUT2D eigenvalue weighted by Crippen LogP contribution is -2.30. The van der Waals surface area contributed by atoms with Gasteiger partial charge in [0.1, 0.15) is 6.20 Å². The van der Waals surface area contributed by atoms with E-state index in [1.807, 2.05) is 19.1 Å². The molecule has 0 aliphatic heterocycles. The highest BCUT2D eigenvalue weighted by Crippen LogP contribution is 2.24. The van der Waals surface area contributed by atoms with Crippen LogP contribution >= 0.6 is 0 Å². The van der Waals surface area contributed by atoms with Crippen LogP contribution in [0.5, 0.6) is 5.75 Å². The van der Waals surface area contributed by atoms with Crippen molar-refractivity contribution in [3.05, 3.63) is 58.3 Å². The van der Waals surface area contributed by atoms with E-state index < -0.39 is 22.8 Å². The summed E-state index contributed by atoms with van der Waals surface area (Å²) < 4.78 is 5.35. The summed E-state index contributed by atoms with van der Waals surface area (Å²) in [6, 6.07) is 10.2. The molecule has 0 radical (unpaired) electrons. The van der Waals surface area contributed by atoms with E-state index in [1.54, 1.807) is 12.1 Å². The van der Waals surface area contributed by atoms with Gasteiger partial charge in [-0.2, -0.15) is 0 Å². The van der Waals surface area contributed by atoms with Gasteiger partial charge in [-0.25, -0.2) is 0 Å². The summed E-state index contributed by atoms with van der Waals surface area (Å²) in [4.78, 5) is 25.9. The number of ether oxygens (including phenoxy) is 1. The fraction of sp³-hybridized carbons (Fsp3) is 0.200. The maximum Gasteiger partial charge on any atom is 0.406 e. The average Bonchev–Trinajstić information content (AvgIpc) is 2.49. The number of pyridine rings is 1. The van der Waals surface area contributed by atoms with Crippen molar-refractivity contribution in [3.8, 4) is 5.75 Å². The molecular weight excluding hydrogens is 286 g/mol. The summed E-state index contributed by atoms with van der Waals surface area (Å²) in [6.07, 6.45) is 0.395. The van der Waals surface area contributed by atoms with Crippen molar-refractivity contribution in [3.63, 3.8) is 0 Å². The number of nitro groups is 1. The molecule has 0 bridgehead atoms. The number of nitrogens with one attached hydrogen (secondary N) is 1. The van der Waals surface area contributed by atoms with Gasteiger partial charge >= 0.3 is 5.82 Å². The van der Waals surface area contributed by atoms with E-state index in [0.717, 1.165) is 5.56 Å². The Morgan fingerprint density at radius 1 is 1.32 bits per heavy atom. The molecule has 1 N–H and O–H groups in total. The molecule has 0 aliphatic rings. The zero-order valence-corrected chi connectivity index (χ0v) is 12.1. The van der Waals surface area contributed by atoms with Gasteiger partial charge < -0.3 is 20.2 Å². The van der Waals surface area contributed by atoms with E-state index in [2.05, 4.69) is 10.3 Å². The predicted octanol–water partition coefficient (Wildman–Crippen LogP) is 2.70. The highest BCUT2D eigenvalue weighted by Gasteiger charge is 2.21. The van der Waals surface area contributed by atoms with Crippen LogP contribution in [0.25, 0.3) is 0 Å². The molecule has 22 heavy (non-hydrogen) atoms. The van der Waals surface area contributed by atoms with Crippen LogP contribution in [-0.4, -0.2) is 21.9 Å². The Hall–Kier alpha value is -2.96. The number of carbonyl (C=O) groups excluding carboxylic acids is 1. The molecular formula is C15H15N3O4. The van der Waals surface area contributed by atoms with E-state index in [-0.39, 0.29) is 5.75 Å². The number of hydrogen-bond acceptors (Lipinski definition) is 5. The molecule has 0 aliphatic carbocycles. The van der Waals surface area contributed by atoms with E-state index in [0.29, 0.717) is 5.69 Å².